The van der Waals surface area contributed by atoms with Crippen molar-refractivity contribution in [2.24, 2.45) is 0 Å². The Kier molecular flexibility index (Phi) is 3.99. The number of hydrogen-bond donors (Lipinski definition) is 2. The van der Waals surface area contributed by atoms with E-state index in [1.165, 1.54) is 33.0 Å². The molecule has 102 valence electrons. The fourth-order valence-corrected chi connectivity index (χ4v) is 2.82. The van der Waals surface area contributed by atoms with Gasteiger partial charge < -0.3 is 10.8 Å². The van der Waals surface area contributed by atoms with Gasteiger partial charge in [-0.25, -0.2) is 12.8 Å². The Morgan fingerprint density at radius 3 is 2.44 bits per heavy atom. The molecule has 0 aliphatic heterocycles. The van der Waals surface area contributed by atoms with Gasteiger partial charge in [0.2, 0.25) is 10.0 Å². The van der Waals surface area contributed by atoms with Crippen LogP contribution in [0.1, 0.15) is 13.8 Å². The van der Waals surface area contributed by atoms with Crippen LogP contribution in [0.5, 0.6) is 0 Å². The third-order valence-corrected chi connectivity index (χ3v) is 4.09. The normalized spacial score (nSPS) is 13.0. The molecule has 1 aromatic rings. The second-order valence-electron chi connectivity index (χ2n) is 4.76. The van der Waals surface area contributed by atoms with Crippen molar-refractivity contribution < 1.29 is 17.9 Å². The lowest BCUT2D eigenvalue weighted by molar-refractivity contribution is 0.0640. The Morgan fingerprint density at radius 1 is 1.44 bits per heavy atom. The lowest BCUT2D eigenvalue weighted by Gasteiger charge is -2.25. The van der Waals surface area contributed by atoms with Crippen LogP contribution in [0.3, 0.4) is 0 Å². The fraction of sp³-hybridized carbons (Fsp3) is 0.455. The van der Waals surface area contributed by atoms with Crippen LogP contribution < -0.4 is 5.73 Å². The van der Waals surface area contributed by atoms with Gasteiger partial charge in [-0.1, -0.05) is 0 Å². The number of nitrogens with zero attached hydrogens (tertiary/aromatic N) is 1. The number of nitrogen functional groups attached to an aromatic ring is 1. The summed E-state index contributed by atoms with van der Waals surface area (Å²) in [6, 6.07) is 3.29. The zero-order valence-electron chi connectivity index (χ0n) is 10.5. The molecule has 0 saturated heterocycles. The summed E-state index contributed by atoms with van der Waals surface area (Å²) in [6.45, 7) is 2.88. The standard InChI is InChI=1S/C11H17FN2O3S/c1-11(2,15)7-14(3)18(16,17)8-4-5-10(13)9(12)6-8/h4-6,15H,7,13H2,1-3H3. The maximum absolute atomic E-state index is 13.3. The Labute approximate surface area is 106 Å². The summed E-state index contributed by atoms with van der Waals surface area (Å²) in [7, 11) is -2.51. The van der Waals surface area contributed by atoms with E-state index in [1.807, 2.05) is 0 Å². The zero-order valence-corrected chi connectivity index (χ0v) is 11.3. The first-order chi connectivity index (χ1) is 8.04. The van der Waals surface area contributed by atoms with Gasteiger partial charge in [0.1, 0.15) is 5.82 Å². The fourth-order valence-electron chi connectivity index (χ4n) is 1.48. The molecule has 0 aliphatic rings. The molecule has 0 fully saturated rings. The van der Waals surface area contributed by atoms with Crippen molar-refractivity contribution in [3.8, 4) is 0 Å². The van der Waals surface area contributed by atoms with Crippen LogP contribution in [0.25, 0.3) is 0 Å². The van der Waals surface area contributed by atoms with Crippen molar-refractivity contribution in [3.63, 3.8) is 0 Å². The molecule has 0 aromatic heterocycles. The van der Waals surface area contributed by atoms with Gasteiger partial charge in [-0.2, -0.15) is 4.31 Å². The Hall–Kier alpha value is -1.18. The van der Waals surface area contributed by atoms with Gasteiger partial charge in [0.25, 0.3) is 0 Å². The minimum Gasteiger partial charge on any atom is -0.396 e. The monoisotopic (exact) mass is 276 g/mol. The van der Waals surface area contributed by atoms with E-state index in [1.54, 1.807) is 0 Å². The third kappa shape index (κ3) is 3.41. The van der Waals surface area contributed by atoms with Gasteiger partial charge in [0.05, 0.1) is 16.2 Å². The van der Waals surface area contributed by atoms with Gasteiger partial charge >= 0.3 is 0 Å². The molecule has 0 heterocycles. The molecular formula is C11H17FN2O3S. The molecule has 0 bridgehead atoms. The maximum Gasteiger partial charge on any atom is 0.243 e. The number of likely N-dealkylation sites (N-methyl/N-ethyl adjacent to an activating group) is 1. The van der Waals surface area contributed by atoms with E-state index in [-0.39, 0.29) is 17.1 Å². The van der Waals surface area contributed by atoms with Crippen LogP contribution in [0.15, 0.2) is 23.1 Å². The van der Waals surface area contributed by atoms with E-state index in [0.717, 1.165) is 10.4 Å². The van der Waals surface area contributed by atoms with Crippen molar-refractivity contribution in [3.05, 3.63) is 24.0 Å². The van der Waals surface area contributed by atoms with Gasteiger partial charge in [-0.05, 0) is 32.0 Å². The molecule has 0 amide bonds. The number of sulfonamides is 1. The predicted octanol–water partition coefficient (Wildman–Crippen LogP) is 0.799. The summed E-state index contributed by atoms with van der Waals surface area (Å²) in [5, 5.41) is 9.60. The average molecular weight is 276 g/mol. The minimum atomic E-state index is -3.83. The first-order valence-corrected chi connectivity index (χ1v) is 6.72. The number of nitrogens with two attached hydrogens (primary N) is 1. The van der Waals surface area contributed by atoms with Crippen molar-refractivity contribution in [1.82, 2.24) is 4.31 Å². The van der Waals surface area contributed by atoms with Crippen molar-refractivity contribution in [1.29, 1.82) is 0 Å². The highest BCUT2D eigenvalue weighted by atomic mass is 32.2. The molecule has 5 nitrogen and oxygen atoms in total. The molecular weight excluding hydrogens is 259 g/mol. The number of benzene rings is 1. The van der Waals surface area contributed by atoms with Gasteiger partial charge in [-0.3, -0.25) is 0 Å². The highest BCUT2D eigenvalue weighted by molar-refractivity contribution is 7.89. The minimum absolute atomic E-state index is 0.0959. The largest absolute Gasteiger partial charge is 0.396 e. The highest BCUT2D eigenvalue weighted by Gasteiger charge is 2.26. The van der Waals surface area contributed by atoms with E-state index in [0.29, 0.717) is 0 Å². The maximum atomic E-state index is 13.3. The molecule has 0 radical (unpaired) electrons. The van der Waals surface area contributed by atoms with E-state index in [9.17, 15) is 17.9 Å². The molecule has 0 spiro atoms. The van der Waals surface area contributed by atoms with Gasteiger partial charge in [0, 0.05) is 13.6 Å². The highest BCUT2D eigenvalue weighted by Crippen LogP contribution is 2.20. The van der Waals surface area contributed by atoms with Crippen molar-refractivity contribution in [2.45, 2.75) is 24.3 Å². The number of hydrogen-bond acceptors (Lipinski definition) is 4. The van der Waals surface area contributed by atoms with Crippen LogP contribution in [-0.2, 0) is 10.0 Å². The number of anilines is 1. The van der Waals surface area contributed by atoms with Crippen LogP contribution in [0, 0.1) is 5.82 Å². The molecule has 18 heavy (non-hydrogen) atoms. The summed E-state index contributed by atoms with van der Waals surface area (Å²) in [5.41, 5.74) is 4.00. The average Bonchev–Trinajstić information content (AvgIpc) is 2.19. The molecule has 1 rings (SSSR count). The molecule has 0 unspecified atom stereocenters. The zero-order chi connectivity index (χ0) is 14.1. The number of rotatable bonds is 4. The summed E-state index contributed by atoms with van der Waals surface area (Å²) >= 11 is 0. The Balaban J connectivity index is 3.10. The van der Waals surface area contributed by atoms with Gasteiger partial charge in [0.15, 0.2) is 0 Å². The van der Waals surface area contributed by atoms with Crippen LogP contribution in [-0.4, -0.2) is 37.0 Å². The quantitative estimate of drug-likeness (QED) is 0.797. The smallest absolute Gasteiger partial charge is 0.243 e. The molecule has 0 aliphatic carbocycles. The summed E-state index contributed by atoms with van der Waals surface area (Å²) in [5.74, 6) is -0.785. The van der Waals surface area contributed by atoms with Crippen LogP contribution in [0.2, 0.25) is 0 Å². The van der Waals surface area contributed by atoms with Crippen molar-refractivity contribution >= 4 is 15.7 Å². The summed E-state index contributed by atoms with van der Waals surface area (Å²) in [4.78, 5) is -0.194. The number of halogens is 1. The van der Waals surface area contributed by atoms with E-state index in [2.05, 4.69) is 0 Å². The van der Waals surface area contributed by atoms with E-state index in [4.69, 9.17) is 5.73 Å². The van der Waals surface area contributed by atoms with Crippen LogP contribution in [0.4, 0.5) is 10.1 Å². The first-order valence-electron chi connectivity index (χ1n) is 5.28. The Morgan fingerprint density at radius 2 is 2.00 bits per heavy atom. The predicted molar refractivity (Wildman–Crippen MR) is 66.9 cm³/mol. The summed E-state index contributed by atoms with van der Waals surface area (Å²) < 4.78 is 38.4. The SMILES string of the molecule is CN(CC(C)(C)O)S(=O)(=O)c1ccc(N)c(F)c1. The lowest BCUT2D eigenvalue weighted by Crippen LogP contribution is -2.39. The summed E-state index contributed by atoms with van der Waals surface area (Å²) in [6.07, 6.45) is 0. The third-order valence-electron chi connectivity index (χ3n) is 2.29. The molecule has 0 saturated carbocycles. The van der Waals surface area contributed by atoms with E-state index >= 15 is 0 Å². The topological polar surface area (TPSA) is 83.6 Å². The van der Waals surface area contributed by atoms with Gasteiger partial charge in [-0.15, -0.1) is 0 Å². The number of aliphatic hydroxyl groups is 1. The Bertz CT molecular complexity index is 538. The molecule has 1 aromatic carbocycles. The first kappa shape index (κ1) is 14.9. The van der Waals surface area contributed by atoms with Crippen LogP contribution >= 0.6 is 0 Å². The molecule has 3 N–H and O–H groups in total. The second kappa shape index (κ2) is 4.83. The lowest BCUT2D eigenvalue weighted by atomic mass is 10.1. The second-order valence-corrected chi connectivity index (χ2v) is 6.80. The van der Waals surface area contributed by atoms with E-state index < -0.39 is 21.4 Å². The van der Waals surface area contributed by atoms with Crippen molar-refractivity contribution in [2.75, 3.05) is 19.3 Å². The molecule has 7 heteroatoms. The molecule has 0 atom stereocenters.